The summed E-state index contributed by atoms with van der Waals surface area (Å²) >= 11 is 0. The molecule has 0 aromatic carbocycles. The van der Waals surface area contributed by atoms with Gasteiger partial charge >= 0.3 is 0 Å². The van der Waals surface area contributed by atoms with Crippen LogP contribution >= 0.6 is 0 Å². The van der Waals surface area contributed by atoms with Gasteiger partial charge in [0.25, 0.3) is 0 Å². The molecule has 170 valence electrons. The van der Waals surface area contributed by atoms with Crippen molar-refractivity contribution >= 4 is 0 Å². The molecule has 0 unspecified atom stereocenters. The largest absolute Gasteiger partial charge is 0.249 e. The van der Waals surface area contributed by atoms with Crippen LogP contribution in [-0.2, 0) is 19.6 Å². The highest BCUT2D eigenvalue weighted by Crippen LogP contribution is 2.34. The highest BCUT2D eigenvalue weighted by molar-refractivity contribution is 4.71. The van der Waals surface area contributed by atoms with Crippen molar-refractivity contribution in [2.75, 3.05) is 0 Å². The molecule has 0 saturated heterocycles. The predicted octanol–water partition coefficient (Wildman–Crippen LogP) is 7.63. The minimum absolute atomic E-state index is 0.534. The van der Waals surface area contributed by atoms with Crippen molar-refractivity contribution in [1.82, 2.24) is 0 Å². The molecule has 0 bridgehead atoms. The summed E-state index contributed by atoms with van der Waals surface area (Å²) in [6, 6.07) is 0. The Hall–Kier alpha value is -0.240. The van der Waals surface area contributed by atoms with Gasteiger partial charge in [0, 0.05) is 25.7 Å². The van der Waals surface area contributed by atoms with E-state index in [-0.39, 0.29) is 0 Å². The van der Waals surface area contributed by atoms with Crippen LogP contribution in [0.1, 0.15) is 130 Å². The summed E-state index contributed by atoms with van der Waals surface area (Å²) < 4.78 is 0. The van der Waals surface area contributed by atoms with Gasteiger partial charge in [-0.1, -0.05) is 79.1 Å². The van der Waals surface area contributed by atoms with Crippen molar-refractivity contribution in [2.24, 2.45) is 0 Å². The quantitative estimate of drug-likeness (QED) is 0.0883. The average Bonchev–Trinajstić information content (AvgIpc) is 2.71. The van der Waals surface area contributed by atoms with Crippen molar-refractivity contribution in [3.05, 3.63) is 0 Å². The van der Waals surface area contributed by atoms with Crippen LogP contribution in [0.15, 0.2) is 0 Å². The van der Waals surface area contributed by atoms with Crippen LogP contribution < -0.4 is 0 Å². The molecule has 0 aromatic rings. The average molecular weight is 407 g/mol. The fourth-order valence-corrected chi connectivity index (χ4v) is 3.36. The van der Waals surface area contributed by atoms with Crippen LogP contribution in [0.2, 0.25) is 0 Å². The van der Waals surface area contributed by atoms with E-state index in [0.717, 1.165) is 77.0 Å². The zero-order valence-corrected chi connectivity index (χ0v) is 18.8. The van der Waals surface area contributed by atoms with E-state index < -0.39 is 11.6 Å². The zero-order chi connectivity index (χ0) is 21.1. The number of rotatable bonds is 21. The van der Waals surface area contributed by atoms with Gasteiger partial charge in [0.1, 0.15) is 0 Å². The molecule has 6 nitrogen and oxygen atoms in total. The third-order valence-corrected chi connectivity index (χ3v) is 5.32. The van der Waals surface area contributed by atoms with E-state index in [1.54, 1.807) is 0 Å². The van der Waals surface area contributed by atoms with Crippen molar-refractivity contribution in [3.63, 3.8) is 0 Å². The smallest absolute Gasteiger partial charge is 0.233 e. The zero-order valence-electron chi connectivity index (χ0n) is 18.8. The highest BCUT2D eigenvalue weighted by atomic mass is 17.3. The van der Waals surface area contributed by atoms with E-state index >= 15 is 0 Å². The molecule has 0 radical (unpaired) electrons. The van der Waals surface area contributed by atoms with Gasteiger partial charge in [-0.15, -0.1) is 0 Å². The lowest BCUT2D eigenvalue weighted by atomic mass is 10.0. The Bertz CT molecular complexity index is 285. The van der Waals surface area contributed by atoms with E-state index in [1.165, 1.54) is 0 Å². The molecule has 0 spiro atoms. The van der Waals surface area contributed by atoms with Crippen LogP contribution in [0.3, 0.4) is 0 Å². The summed E-state index contributed by atoms with van der Waals surface area (Å²) in [5.41, 5.74) is 0. The summed E-state index contributed by atoms with van der Waals surface area (Å²) in [5, 5.41) is 19.3. The molecule has 0 aliphatic heterocycles. The fourth-order valence-electron chi connectivity index (χ4n) is 3.36. The SMILES string of the molecule is CCCCCC(CCCCC)(OO)OOC(CCCCC)(CCCCC)OO. The van der Waals surface area contributed by atoms with Crippen LogP contribution in [0.4, 0.5) is 0 Å². The number of hydrogen-bond donors (Lipinski definition) is 2. The van der Waals surface area contributed by atoms with Gasteiger partial charge in [0.2, 0.25) is 11.6 Å². The molecule has 0 heterocycles. The van der Waals surface area contributed by atoms with Crippen LogP contribution in [-0.4, -0.2) is 22.1 Å². The maximum atomic E-state index is 9.66. The van der Waals surface area contributed by atoms with Crippen molar-refractivity contribution in [3.8, 4) is 0 Å². The Balaban J connectivity index is 5.13. The van der Waals surface area contributed by atoms with E-state index in [4.69, 9.17) is 19.6 Å². The molecule has 28 heavy (non-hydrogen) atoms. The van der Waals surface area contributed by atoms with E-state index in [1.807, 2.05) is 0 Å². The molecule has 0 aliphatic rings. The highest BCUT2D eigenvalue weighted by Gasteiger charge is 2.40. The summed E-state index contributed by atoms with van der Waals surface area (Å²) in [5.74, 6) is -2.44. The lowest BCUT2D eigenvalue weighted by Crippen LogP contribution is -2.42. The van der Waals surface area contributed by atoms with E-state index in [0.29, 0.717) is 25.7 Å². The molecular weight excluding hydrogens is 360 g/mol. The van der Waals surface area contributed by atoms with Crippen molar-refractivity contribution in [2.45, 2.75) is 142 Å². The normalized spacial score (nSPS) is 12.6. The molecule has 0 aromatic heterocycles. The van der Waals surface area contributed by atoms with Gasteiger partial charge in [-0.3, -0.25) is 0 Å². The maximum Gasteiger partial charge on any atom is 0.233 e. The van der Waals surface area contributed by atoms with Gasteiger partial charge in [0.15, 0.2) is 0 Å². The Morgan fingerprint density at radius 3 is 0.893 bits per heavy atom. The van der Waals surface area contributed by atoms with Crippen LogP contribution in [0.5, 0.6) is 0 Å². The molecular formula is C22H46O6. The number of unbranched alkanes of at least 4 members (excludes halogenated alkanes) is 8. The minimum atomic E-state index is -1.22. The first-order valence-electron chi connectivity index (χ1n) is 11.6. The Labute approximate surface area is 172 Å². The third-order valence-electron chi connectivity index (χ3n) is 5.32. The van der Waals surface area contributed by atoms with Crippen molar-refractivity contribution in [1.29, 1.82) is 0 Å². The second kappa shape index (κ2) is 17.6. The first-order valence-corrected chi connectivity index (χ1v) is 11.6. The lowest BCUT2D eigenvalue weighted by molar-refractivity contribution is -0.575. The van der Waals surface area contributed by atoms with E-state index in [2.05, 4.69) is 27.7 Å². The van der Waals surface area contributed by atoms with Crippen LogP contribution in [0, 0.1) is 0 Å². The molecule has 0 fully saturated rings. The first kappa shape index (κ1) is 27.8. The molecule has 0 amide bonds. The minimum Gasteiger partial charge on any atom is -0.249 e. The molecule has 0 atom stereocenters. The third kappa shape index (κ3) is 11.7. The maximum absolute atomic E-state index is 9.66. The summed E-state index contributed by atoms with van der Waals surface area (Å²) in [6.45, 7) is 8.51. The van der Waals surface area contributed by atoms with E-state index in [9.17, 15) is 10.5 Å². The fraction of sp³-hybridized carbons (Fsp3) is 1.00. The van der Waals surface area contributed by atoms with Gasteiger partial charge in [-0.05, 0) is 25.7 Å². The van der Waals surface area contributed by atoms with Gasteiger partial charge in [-0.25, -0.2) is 20.3 Å². The van der Waals surface area contributed by atoms with Crippen molar-refractivity contribution < 1.29 is 30.1 Å². The molecule has 2 N–H and O–H groups in total. The Morgan fingerprint density at radius 1 is 0.464 bits per heavy atom. The Morgan fingerprint density at radius 2 is 0.714 bits per heavy atom. The van der Waals surface area contributed by atoms with Gasteiger partial charge in [0.05, 0.1) is 0 Å². The molecule has 0 aliphatic carbocycles. The summed E-state index contributed by atoms with van der Waals surface area (Å²) in [4.78, 5) is 21.1. The van der Waals surface area contributed by atoms with Crippen LogP contribution in [0.25, 0.3) is 0 Å². The first-order chi connectivity index (χ1) is 13.6. The Kier molecular flexibility index (Phi) is 17.5. The predicted molar refractivity (Wildman–Crippen MR) is 112 cm³/mol. The molecule has 0 rings (SSSR count). The molecule has 6 heteroatoms. The summed E-state index contributed by atoms with van der Waals surface area (Å²) in [7, 11) is 0. The second-order valence-corrected chi connectivity index (χ2v) is 8.00. The van der Waals surface area contributed by atoms with Gasteiger partial charge in [-0.2, -0.15) is 9.78 Å². The topological polar surface area (TPSA) is 77.4 Å². The monoisotopic (exact) mass is 406 g/mol. The summed E-state index contributed by atoms with van der Waals surface area (Å²) in [6.07, 6.45) is 14.0. The number of hydrogen-bond acceptors (Lipinski definition) is 6. The second-order valence-electron chi connectivity index (χ2n) is 8.00. The van der Waals surface area contributed by atoms with Gasteiger partial charge < -0.3 is 0 Å². The molecule has 0 saturated carbocycles. The lowest BCUT2D eigenvalue weighted by Gasteiger charge is -2.35. The standard InChI is InChI=1S/C22H46O6/c1-5-9-13-17-21(25-23,18-14-10-6-2)27-28-22(26-24,19-15-11-7-3)20-16-12-8-4/h23-24H,5-20H2,1-4H3.